The van der Waals surface area contributed by atoms with Gasteiger partial charge in [0.2, 0.25) is 0 Å². The molecular formula is C10H18N2O2. The van der Waals surface area contributed by atoms with Crippen molar-refractivity contribution in [2.75, 3.05) is 6.54 Å². The van der Waals surface area contributed by atoms with Crippen LogP contribution in [0.3, 0.4) is 0 Å². The molecule has 0 spiro atoms. The highest BCUT2D eigenvalue weighted by atomic mass is 16.6. The number of nitrogens with one attached hydrogen (secondary N) is 1. The second kappa shape index (κ2) is 5.48. The number of carbonyl (C=O) groups excluding carboxylic acids is 1. The molecule has 0 aliphatic rings. The first-order chi connectivity index (χ1) is 6.35. The Hall–Kier alpha value is -1.24. The average molecular weight is 198 g/mol. The van der Waals surface area contributed by atoms with Crippen LogP contribution in [0.25, 0.3) is 0 Å². The SMILES string of the molecule is C[C@H](CC#N)CNC(=O)OC(C)(C)C. The van der Waals surface area contributed by atoms with Crippen molar-refractivity contribution in [3.05, 3.63) is 0 Å². The lowest BCUT2D eigenvalue weighted by atomic mass is 10.1. The Morgan fingerprint density at radius 3 is 2.57 bits per heavy atom. The number of amides is 1. The number of hydrogen-bond donors (Lipinski definition) is 1. The molecule has 0 aliphatic heterocycles. The van der Waals surface area contributed by atoms with Crippen molar-refractivity contribution in [3.63, 3.8) is 0 Å². The van der Waals surface area contributed by atoms with E-state index in [1.807, 2.05) is 33.8 Å². The van der Waals surface area contributed by atoms with E-state index in [9.17, 15) is 4.79 Å². The molecule has 0 aromatic heterocycles. The molecule has 1 N–H and O–H groups in total. The van der Waals surface area contributed by atoms with Gasteiger partial charge in [0, 0.05) is 13.0 Å². The van der Waals surface area contributed by atoms with E-state index in [2.05, 4.69) is 5.32 Å². The van der Waals surface area contributed by atoms with Gasteiger partial charge in [-0.25, -0.2) is 4.79 Å². The molecule has 0 unspecified atom stereocenters. The third-order valence-corrected chi connectivity index (χ3v) is 1.43. The summed E-state index contributed by atoms with van der Waals surface area (Å²) in [5.74, 6) is 0.160. The minimum absolute atomic E-state index is 0.160. The number of alkyl carbamates (subject to hydrolysis) is 1. The highest BCUT2D eigenvalue weighted by Crippen LogP contribution is 2.06. The van der Waals surface area contributed by atoms with E-state index in [1.54, 1.807) is 0 Å². The second-order valence-corrected chi connectivity index (χ2v) is 4.35. The van der Waals surface area contributed by atoms with Crippen molar-refractivity contribution >= 4 is 6.09 Å². The Morgan fingerprint density at radius 2 is 2.14 bits per heavy atom. The molecule has 0 bridgehead atoms. The molecule has 0 saturated carbocycles. The summed E-state index contributed by atoms with van der Waals surface area (Å²) >= 11 is 0. The van der Waals surface area contributed by atoms with E-state index in [-0.39, 0.29) is 5.92 Å². The van der Waals surface area contributed by atoms with Crippen molar-refractivity contribution < 1.29 is 9.53 Å². The Labute approximate surface area is 85.2 Å². The van der Waals surface area contributed by atoms with Crippen LogP contribution in [0.2, 0.25) is 0 Å². The van der Waals surface area contributed by atoms with Crippen LogP contribution in [0.4, 0.5) is 4.79 Å². The first kappa shape index (κ1) is 12.8. The minimum Gasteiger partial charge on any atom is -0.444 e. The third-order valence-electron chi connectivity index (χ3n) is 1.43. The molecule has 0 aromatic rings. The normalized spacial score (nSPS) is 12.8. The van der Waals surface area contributed by atoms with Crippen molar-refractivity contribution in [2.24, 2.45) is 5.92 Å². The molecule has 4 nitrogen and oxygen atoms in total. The third kappa shape index (κ3) is 7.41. The maximum Gasteiger partial charge on any atom is 0.407 e. The number of ether oxygens (including phenoxy) is 1. The van der Waals surface area contributed by atoms with Crippen LogP contribution >= 0.6 is 0 Å². The summed E-state index contributed by atoms with van der Waals surface area (Å²) in [5.41, 5.74) is -0.470. The summed E-state index contributed by atoms with van der Waals surface area (Å²) in [5, 5.41) is 11.0. The van der Waals surface area contributed by atoms with E-state index < -0.39 is 11.7 Å². The fraction of sp³-hybridized carbons (Fsp3) is 0.800. The zero-order chi connectivity index (χ0) is 11.2. The van der Waals surface area contributed by atoms with E-state index >= 15 is 0 Å². The summed E-state index contributed by atoms with van der Waals surface area (Å²) < 4.78 is 5.03. The molecule has 14 heavy (non-hydrogen) atoms. The Morgan fingerprint density at radius 1 is 1.57 bits per heavy atom. The Balaban J connectivity index is 3.71. The average Bonchev–Trinajstić information content (AvgIpc) is 1.98. The first-order valence-corrected chi connectivity index (χ1v) is 4.69. The van der Waals surface area contributed by atoms with Crippen molar-refractivity contribution in [1.82, 2.24) is 5.32 Å². The quantitative estimate of drug-likeness (QED) is 0.755. The molecule has 0 aliphatic carbocycles. The number of carbonyl (C=O) groups is 1. The molecule has 1 amide bonds. The van der Waals surface area contributed by atoms with Crippen LogP contribution in [0.15, 0.2) is 0 Å². The van der Waals surface area contributed by atoms with Gasteiger partial charge in [0.15, 0.2) is 0 Å². The molecule has 0 radical (unpaired) electrons. The monoisotopic (exact) mass is 198 g/mol. The molecule has 0 rings (SSSR count). The predicted molar refractivity (Wildman–Crippen MR) is 53.6 cm³/mol. The van der Waals surface area contributed by atoms with Gasteiger partial charge in [-0.2, -0.15) is 5.26 Å². The molecule has 0 saturated heterocycles. The van der Waals surface area contributed by atoms with Crippen molar-refractivity contribution in [2.45, 2.75) is 39.7 Å². The molecular weight excluding hydrogens is 180 g/mol. The molecule has 80 valence electrons. The lowest BCUT2D eigenvalue weighted by molar-refractivity contribution is 0.0520. The van der Waals surface area contributed by atoms with Crippen LogP contribution < -0.4 is 5.32 Å². The lowest BCUT2D eigenvalue weighted by Crippen LogP contribution is -2.34. The largest absolute Gasteiger partial charge is 0.444 e. The van der Waals surface area contributed by atoms with Gasteiger partial charge in [0.05, 0.1) is 6.07 Å². The standard InChI is InChI=1S/C10H18N2O2/c1-8(5-6-11)7-12-9(13)14-10(2,3)4/h8H,5,7H2,1-4H3,(H,12,13)/t8-/m1/s1. The molecule has 0 aromatic carbocycles. The molecule has 1 atom stereocenters. The first-order valence-electron chi connectivity index (χ1n) is 4.69. The Kier molecular flexibility index (Phi) is 5.00. The maximum absolute atomic E-state index is 11.2. The fourth-order valence-electron chi connectivity index (χ4n) is 0.800. The van der Waals surface area contributed by atoms with E-state index in [0.717, 1.165) is 0 Å². The number of hydrogen-bond acceptors (Lipinski definition) is 3. The highest BCUT2D eigenvalue weighted by molar-refractivity contribution is 5.67. The van der Waals surface area contributed by atoms with Crippen LogP contribution in [0.5, 0.6) is 0 Å². The molecule has 0 fully saturated rings. The number of nitriles is 1. The topological polar surface area (TPSA) is 62.1 Å². The van der Waals surface area contributed by atoms with Gasteiger partial charge in [0.25, 0.3) is 0 Å². The van der Waals surface area contributed by atoms with Crippen LogP contribution in [-0.4, -0.2) is 18.2 Å². The minimum atomic E-state index is -0.470. The number of nitrogens with zero attached hydrogens (tertiary/aromatic N) is 1. The maximum atomic E-state index is 11.2. The van der Waals surface area contributed by atoms with Gasteiger partial charge < -0.3 is 10.1 Å². The van der Waals surface area contributed by atoms with Gasteiger partial charge in [-0.15, -0.1) is 0 Å². The van der Waals surface area contributed by atoms with E-state index in [4.69, 9.17) is 10.00 Å². The summed E-state index contributed by atoms with van der Waals surface area (Å²) in [6.07, 6.45) is 0.0118. The molecule has 4 heteroatoms. The van der Waals surface area contributed by atoms with Gasteiger partial charge >= 0.3 is 6.09 Å². The van der Waals surface area contributed by atoms with E-state index in [1.165, 1.54) is 0 Å². The smallest absolute Gasteiger partial charge is 0.407 e. The van der Waals surface area contributed by atoms with Gasteiger partial charge in [-0.1, -0.05) is 6.92 Å². The second-order valence-electron chi connectivity index (χ2n) is 4.35. The van der Waals surface area contributed by atoms with Crippen LogP contribution in [-0.2, 0) is 4.74 Å². The molecule has 0 heterocycles. The summed E-state index contributed by atoms with van der Waals surface area (Å²) in [7, 11) is 0. The summed E-state index contributed by atoms with van der Waals surface area (Å²) in [6.45, 7) is 7.81. The van der Waals surface area contributed by atoms with Crippen LogP contribution in [0.1, 0.15) is 34.1 Å². The summed E-state index contributed by atoms with van der Waals surface area (Å²) in [6, 6.07) is 2.05. The van der Waals surface area contributed by atoms with Crippen molar-refractivity contribution in [3.8, 4) is 6.07 Å². The number of rotatable bonds is 3. The zero-order valence-electron chi connectivity index (χ0n) is 9.26. The van der Waals surface area contributed by atoms with Gasteiger partial charge in [-0.05, 0) is 26.7 Å². The van der Waals surface area contributed by atoms with Gasteiger partial charge in [-0.3, -0.25) is 0 Å². The zero-order valence-corrected chi connectivity index (χ0v) is 9.26. The summed E-state index contributed by atoms with van der Waals surface area (Å²) in [4.78, 5) is 11.2. The van der Waals surface area contributed by atoms with Crippen LogP contribution in [0, 0.1) is 17.2 Å². The Bertz CT molecular complexity index is 225. The van der Waals surface area contributed by atoms with Gasteiger partial charge in [0.1, 0.15) is 5.60 Å². The highest BCUT2D eigenvalue weighted by Gasteiger charge is 2.16. The predicted octanol–water partition coefficient (Wildman–Crippen LogP) is 2.06. The fourth-order valence-corrected chi connectivity index (χ4v) is 0.800. The lowest BCUT2D eigenvalue weighted by Gasteiger charge is -2.20. The van der Waals surface area contributed by atoms with E-state index in [0.29, 0.717) is 13.0 Å². The van der Waals surface area contributed by atoms with Crippen molar-refractivity contribution in [1.29, 1.82) is 5.26 Å².